The van der Waals surface area contributed by atoms with Crippen LogP contribution < -0.4 is 0 Å². The van der Waals surface area contributed by atoms with E-state index in [4.69, 9.17) is 22.3 Å². The minimum Gasteiger partial charge on any atom is -0.215 e. The third kappa shape index (κ3) is 1.90. The van der Waals surface area contributed by atoms with E-state index in [1.54, 1.807) is 6.92 Å². The van der Waals surface area contributed by atoms with Gasteiger partial charge in [0.15, 0.2) is 0 Å². The highest BCUT2D eigenvalue weighted by atomic mass is 35.7. The fourth-order valence-electron chi connectivity index (χ4n) is 0.966. The summed E-state index contributed by atoms with van der Waals surface area (Å²) in [5.41, 5.74) is 0.537. The summed E-state index contributed by atoms with van der Waals surface area (Å²) >= 11 is 5.78. The highest BCUT2D eigenvalue weighted by Gasteiger charge is 2.18. The molecule has 0 atom stereocenters. The Kier molecular flexibility index (Phi) is 2.32. The predicted octanol–water partition coefficient (Wildman–Crippen LogP) is 1.01. The molecule has 0 aliphatic heterocycles. The SMILES string of the molecule is Cc1nc2nc(S(=O)(=O)Cl)nn2cc1Cl. The van der Waals surface area contributed by atoms with Crippen molar-refractivity contribution in [2.45, 2.75) is 12.1 Å². The zero-order valence-corrected chi connectivity index (χ0v) is 9.68. The molecule has 0 aliphatic rings. The van der Waals surface area contributed by atoms with Crippen LogP contribution in [-0.2, 0) is 9.05 Å². The second kappa shape index (κ2) is 3.29. The third-order valence-corrected chi connectivity index (χ3v) is 3.06. The molecule has 2 aromatic rings. The van der Waals surface area contributed by atoms with E-state index in [-0.39, 0.29) is 5.78 Å². The Balaban J connectivity index is 2.77. The van der Waals surface area contributed by atoms with Gasteiger partial charge in [0, 0.05) is 10.7 Å². The molecule has 0 saturated heterocycles. The molecule has 9 heteroatoms. The zero-order valence-electron chi connectivity index (χ0n) is 7.35. The number of halogens is 2. The smallest absolute Gasteiger partial charge is 0.215 e. The molecule has 15 heavy (non-hydrogen) atoms. The molecule has 6 nitrogen and oxygen atoms in total. The summed E-state index contributed by atoms with van der Waals surface area (Å²) in [5.74, 6) is 0.135. The first kappa shape index (κ1) is 10.6. The maximum absolute atomic E-state index is 10.9. The van der Waals surface area contributed by atoms with E-state index >= 15 is 0 Å². The van der Waals surface area contributed by atoms with Gasteiger partial charge in [-0.1, -0.05) is 11.6 Å². The second-order valence-corrected chi connectivity index (χ2v) is 5.62. The van der Waals surface area contributed by atoms with E-state index in [9.17, 15) is 8.42 Å². The van der Waals surface area contributed by atoms with Crippen molar-refractivity contribution in [1.29, 1.82) is 0 Å². The highest BCUT2D eigenvalue weighted by Crippen LogP contribution is 2.15. The van der Waals surface area contributed by atoms with Gasteiger partial charge in [-0.05, 0) is 6.92 Å². The largest absolute Gasteiger partial charge is 0.298 e. The summed E-state index contributed by atoms with van der Waals surface area (Å²) in [7, 11) is 1.14. The fraction of sp³-hybridized carbons (Fsp3) is 0.167. The second-order valence-electron chi connectivity index (χ2n) is 2.75. The highest BCUT2D eigenvalue weighted by molar-refractivity contribution is 8.13. The first-order chi connectivity index (χ1) is 6.88. The van der Waals surface area contributed by atoms with Gasteiger partial charge < -0.3 is 0 Å². The van der Waals surface area contributed by atoms with Crippen LogP contribution >= 0.6 is 22.3 Å². The lowest BCUT2D eigenvalue weighted by atomic mass is 10.5. The maximum atomic E-state index is 10.9. The van der Waals surface area contributed by atoms with Gasteiger partial charge in [-0.25, -0.2) is 17.9 Å². The molecule has 2 rings (SSSR count). The molecule has 0 N–H and O–H groups in total. The zero-order chi connectivity index (χ0) is 11.2. The average Bonchev–Trinajstić information content (AvgIpc) is 2.47. The summed E-state index contributed by atoms with van der Waals surface area (Å²) in [6.07, 6.45) is 1.41. The van der Waals surface area contributed by atoms with Gasteiger partial charge in [0.2, 0.25) is 0 Å². The normalized spacial score (nSPS) is 12.2. The van der Waals surface area contributed by atoms with Crippen LogP contribution in [0.3, 0.4) is 0 Å². The van der Waals surface area contributed by atoms with Crippen molar-refractivity contribution in [1.82, 2.24) is 19.6 Å². The number of fused-ring (bicyclic) bond motifs is 1. The van der Waals surface area contributed by atoms with E-state index in [2.05, 4.69) is 15.1 Å². The topological polar surface area (TPSA) is 77.2 Å². The monoisotopic (exact) mass is 266 g/mol. The van der Waals surface area contributed by atoms with E-state index < -0.39 is 14.2 Å². The van der Waals surface area contributed by atoms with E-state index in [0.29, 0.717) is 10.7 Å². The van der Waals surface area contributed by atoms with Crippen LogP contribution in [0.5, 0.6) is 0 Å². The molecule has 0 bridgehead atoms. The van der Waals surface area contributed by atoms with Gasteiger partial charge in [-0.2, -0.15) is 4.98 Å². The fourth-order valence-corrected chi connectivity index (χ4v) is 1.67. The summed E-state index contributed by atoms with van der Waals surface area (Å²) in [6.45, 7) is 1.67. The van der Waals surface area contributed by atoms with Crippen LogP contribution in [0.4, 0.5) is 0 Å². The van der Waals surface area contributed by atoms with Crippen molar-refractivity contribution in [2.75, 3.05) is 0 Å². The van der Waals surface area contributed by atoms with Gasteiger partial charge in [0.1, 0.15) is 0 Å². The molecule has 0 fully saturated rings. The molecule has 80 valence electrons. The number of nitrogens with zero attached hydrogens (tertiary/aromatic N) is 4. The van der Waals surface area contributed by atoms with Crippen molar-refractivity contribution in [3.63, 3.8) is 0 Å². The van der Waals surface area contributed by atoms with Gasteiger partial charge in [0.05, 0.1) is 16.9 Å². The van der Waals surface area contributed by atoms with Crippen LogP contribution in [0.15, 0.2) is 11.4 Å². The average molecular weight is 267 g/mol. The Morgan fingerprint density at radius 1 is 1.40 bits per heavy atom. The maximum Gasteiger partial charge on any atom is 0.298 e. The summed E-state index contributed by atoms with van der Waals surface area (Å²) in [4.78, 5) is 7.59. The lowest BCUT2D eigenvalue weighted by molar-refractivity contribution is 0.601. The van der Waals surface area contributed by atoms with Crippen molar-refractivity contribution in [3.05, 3.63) is 16.9 Å². The van der Waals surface area contributed by atoms with Gasteiger partial charge in [-0.3, -0.25) is 0 Å². The van der Waals surface area contributed by atoms with Crippen LogP contribution in [0.25, 0.3) is 5.78 Å². The quantitative estimate of drug-likeness (QED) is 0.721. The van der Waals surface area contributed by atoms with Crippen LogP contribution in [0, 0.1) is 6.92 Å². The molecular formula is C6H4Cl2N4O2S. The summed E-state index contributed by atoms with van der Waals surface area (Å²) < 4.78 is 23.0. The molecular weight excluding hydrogens is 263 g/mol. The number of aryl methyl sites for hydroxylation is 1. The summed E-state index contributed by atoms with van der Waals surface area (Å²) in [5, 5.41) is 3.50. The Bertz CT molecular complexity index is 597. The molecule has 0 aromatic carbocycles. The minimum absolute atomic E-state index is 0.135. The third-order valence-electron chi connectivity index (χ3n) is 1.66. The number of aromatic nitrogens is 4. The number of hydrogen-bond acceptors (Lipinski definition) is 5. The molecule has 0 radical (unpaired) electrons. The first-order valence-electron chi connectivity index (χ1n) is 3.72. The lowest BCUT2D eigenvalue weighted by Gasteiger charge is -1.95. The standard InChI is InChI=1S/C6H4Cl2N4O2S/c1-3-4(7)2-12-5(9-3)10-6(11-12)15(8,13)14/h2H,1H3. The van der Waals surface area contributed by atoms with Crippen molar-refractivity contribution >= 4 is 37.1 Å². The predicted molar refractivity (Wildman–Crippen MR) is 53.6 cm³/mol. The van der Waals surface area contributed by atoms with Gasteiger partial charge in [0.25, 0.3) is 20.0 Å². The Morgan fingerprint density at radius 3 is 2.67 bits per heavy atom. The van der Waals surface area contributed by atoms with E-state index in [0.717, 1.165) is 4.52 Å². The molecule has 0 amide bonds. The molecule has 2 aromatic heterocycles. The lowest BCUT2D eigenvalue weighted by Crippen LogP contribution is -1.94. The van der Waals surface area contributed by atoms with Crippen molar-refractivity contribution in [3.8, 4) is 0 Å². The Labute approximate surface area is 94.3 Å². The number of hydrogen-bond donors (Lipinski definition) is 0. The van der Waals surface area contributed by atoms with Gasteiger partial charge in [-0.15, -0.1) is 5.10 Å². The number of rotatable bonds is 1. The molecule has 2 heterocycles. The molecule has 0 unspecified atom stereocenters. The van der Waals surface area contributed by atoms with Crippen molar-refractivity contribution < 1.29 is 8.42 Å². The van der Waals surface area contributed by atoms with Crippen molar-refractivity contribution in [2.24, 2.45) is 0 Å². The van der Waals surface area contributed by atoms with Crippen LogP contribution in [0.1, 0.15) is 5.69 Å². The molecule has 0 aliphatic carbocycles. The van der Waals surface area contributed by atoms with Crippen LogP contribution in [-0.4, -0.2) is 28.0 Å². The summed E-state index contributed by atoms with van der Waals surface area (Å²) in [6, 6.07) is 0. The molecule has 0 spiro atoms. The minimum atomic E-state index is -3.94. The van der Waals surface area contributed by atoms with E-state index in [1.807, 2.05) is 0 Å². The Hall–Kier alpha value is -0.920. The molecule has 0 saturated carbocycles. The Morgan fingerprint density at radius 2 is 2.07 bits per heavy atom. The van der Waals surface area contributed by atoms with Gasteiger partial charge >= 0.3 is 0 Å². The first-order valence-corrected chi connectivity index (χ1v) is 6.41. The van der Waals surface area contributed by atoms with E-state index in [1.165, 1.54) is 6.20 Å². The van der Waals surface area contributed by atoms with Crippen LogP contribution in [0.2, 0.25) is 5.02 Å².